The predicted octanol–water partition coefficient (Wildman–Crippen LogP) is 2.69. The van der Waals surface area contributed by atoms with E-state index < -0.39 is 0 Å². The summed E-state index contributed by atoms with van der Waals surface area (Å²) < 4.78 is 4.76. The summed E-state index contributed by atoms with van der Waals surface area (Å²) >= 11 is 3.42. The maximum Gasteiger partial charge on any atom is 0.272 e. The fourth-order valence-corrected chi connectivity index (χ4v) is 3.48. The summed E-state index contributed by atoms with van der Waals surface area (Å²) in [6.07, 6.45) is 6.54. The van der Waals surface area contributed by atoms with Crippen LogP contribution in [0.3, 0.4) is 0 Å². The molecule has 118 valence electrons. The Hall–Kier alpha value is -2.15. The average molecular weight is 374 g/mol. The lowest BCUT2D eigenvalue weighted by atomic mass is 10.3. The van der Waals surface area contributed by atoms with Gasteiger partial charge in [0.25, 0.3) is 5.91 Å². The number of fused-ring (bicyclic) bond motifs is 1. The first-order chi connectivity index (χ1) is 11.1. The molecule has 0 N–H and O–H groups in total. The molecular weight excluding hydrogens is 358 g/mol. The lowest BCUT2D eigenvalue weighted by molar-refractivity contribution is 0.0779. The molecule has 1 amide bonds. The topological polar surface area (TPSA) is 55.4 Å². The van der Waals surface area contributed by atoms with Gasteiger partial charge in [-0.15, -0.1) is 0 Å². The number of rotatable bonds is 2. The van der Waals surface area contributed by atoms with Crippen molar-refractivity contribution in [2.75, 3.05) is 13.1 Å². The lowest BCUT2D eigenvalue weighted by Gasteiger charge is -2.17. The number of pyridine rings is 1. The van der Waals surface area contributed by atoms with E-state index in [0.29, 0.717) is 12.2 Å². The molecule has 1 saturated heterocycles. The maximum absolute atomic E-state index is 13.0. The summed E-state index contributed by atoms with van der Waals surface area (Å²) in [7, 11) is 0. The summed E-state index contributed by atoms with van der Waals surface area (Å²) in [6.45, 7) is 3.30. The molecule has 0 aliphatic carbocycles. The first-order valence-corrected chi connectivity index (χ1v) is 8.35. The molecule has 7 heteroatoms. The number of imidazole rings is 1. The summed E-state index contributed by atoms with van der Waals surface area (Å²) in [4.78, 5) is 19.3. The molecule has 1 fully saturated rings. The quantitative estimate of drug-likeness (QED) is 0.693. The Morgan fingerprint density at radius 1 is 1.39 bits per heavy atom. The van der Waals surface area contributed by atoms with E-state index in [1.54, 1.807) is 6.20 Å². The van der Waals surface area contributed by atoms with Gasteiger partial charge in [0.05, 0.1) is 22.4 Å². The number of halogens is 1. The van der Waals surface area contributed by atoms with E-state index in [2.05, 4.69) is 26.0 Å². The molecule has 4 heterocycles. The number of aryl methyl sites for hydroxylation is 1. The van der Waals surface area contributed by atoms with Crippen molar-refractivity contribution < 1.29 is 4.79 Å². The molecule has 0 aromatic carbocycles. The van der Waals surface area contributed by atoms with Crippen molar-refractivity contribution >= 4 is 27.5 Å². The Morgan fingerprint density at radius 3 is 3.04 bits per heavy atom. The van der Waals surface area contributed by atoms with Crippen LogP contribution < -0.4 is 0 Å². The Morgan fingerprint density at radius 2 is 2.26 bits per heavy atom. The lowest BCUT2D eigenvalue weighted by Crippen LogP contribution is -2.30. The van der Waals surface area contributed by atoms with E-state index in [4.69, 9.17) is 0 Å². The minimum atomic E-state index is 0.0370. The van der Waals surface area contributed by atoms with E-state index in [1.165, 1.54) is 0 Å². The van der Waals surface area contributed by atoms with E-state index in [0.717, 1.165) is 28.8 Å². The molecule has 4 rings (SSSR count). The van der Waals surface area contributed by atoms with Crippen molar-refractivity contribution in [1.29, 1.82) is 0 Å². The first kappa shape index (κ1) is 14.4. The standard InChI is InChI=1S/C16H16BrN5O/c1-11-15(21-6-3-2-4-14(21)19-11)16(23)20-7-5-13(10-20)22-9-12(17)8-18-22/h2-4,6,8-9,13H,5,7,10H2,1H3. The summed E-state index contributed by atoms with van der Waals surface area (Å²) in [6, 6.07) is 5.98. The second-order valence-corrected chi connectivity index (χ2v) is 6.72. The number of aromatic nitrogens is 4. The molecule has 1 aliphatic rings. The highest BCUT2D eigenvalue weighted by molar-refractivity contribution is 9.10. The van der Waals surface area contributed by atoms with Crippen molar-refractivity contribution in [3.8, 4) is 0 Å². The van der Waals surface area contributed by atoms with Crippen molar-refractivity contribution in [3.63, 3.8) is 0 Å². The molecule has 3 aromatic heterocycles. The van der Waals surface area contributed by atoms with Crippen LogP contribution in [0.2, 0.25) is 0 Å². The Bertz CT molecular complexity index is 884. The number of hydrogen-bond acceptors (Lipinski definition) is 3. The van der Waals surface area contributed by atoms with Gasteiger partial charge in [-0.25, -0.2) is 4.98 Å². The zero-order valence-corrected chi connectivity index (χ0v) is 14.3. The van der Waals surface area contributed by atoms with Crippen molar-refractivity contribution in [3.05, 3.63) is 52.7 Å². The number of nitrogens with zero attached hydrogens (tertiary/aromatic N) is 5. The number of hydrogen-bond donors (Lipinski definition) is 0. The van der Waals surface area contributed by atoms with Gasteiger partial charge in [0.15, 0.2) is 0 Å². The van der Waals surface area contributed by atoms with Gasteiger partial charge in [-0.2, -0.15) is 5.10 Å². The minimum Gasteiger partial charge on any atom is -0.335 e. The minimum absolute atomic E-state index is 0.0370. The van der Waals surface area contributed by atoms with Gasteiger partial charge in [0.2, 0.25) is 0 Å². The van der Waals surface area contributed by atoms with Gasteiger partial charge in [-0.05, 0) is 41.4 Å². The van der Waals surface area contributed by atoms with Crippen molar-refractivity contribution in [2.45, 2.75) is 19.4 Å². The van der Waals surface area contributed by atoms with Crippen LogP contribution in [0.15, 0.2) is 41.3 Å². The van der Waals surface area contributed by atoms with Crippen LogP contribution in [0.1, 0.15) is 28.6 Å². The highest BCUT2D eigenvalue weighted by Crippen LogP contribution is 2.25. The third kappa shape index (κ3) is 2.45. The Labute approximate surface area is 141 Å². The second kappa shape index (κ2) is 5.49. The second-order valence-electron chi connectivity index (χ2n) is 5.81. The molecule has 0 spiro atoms. The Kier molecular flexibility index (Phi) is 3.45. The normalized spacial score (nSPS) is 18.0. The first-order valence-electron chi connectivity index (χ1n) is 7.56. The van der Waals surface area contributed by atoms with Gasteiger partial charge in [-0.1, -0.05) is 6.07 Å². The summed E-state index contributed by atoms with van der Waals surface area (Å²) in [5.74, 6) is 0.0370. The van der Waals surface area contributed by atoms with Crippen molar-refractivity contribution in [1.82, 2.24) is 24.1 Å². The van der Waals surface area contributed by atoms with Gasteiger partial charge < -0.3 is 4.90 Å². The van der Waals surface area contributed by atoms with Gasteiger partial charge in [0.1, 0.15) is 11.3 Å². The smallest absolute Gasteiger partial charge is 0.272 e. The molecule has 1 atom stereocenters. The number of carbonyl (C=O) groups excluding carboxylic acids is 1. The van der Waals surface area contributed by atoms with Gasteiger partial charge >= 0.3 is 0 Å². The molecule has 0 bridgehead atoms. The van der Waals surface area contributed by atoms with Crippen LogP contribution in [0.5, 0.6) is 0 Å². The van der Waals surface area contributed by atoms with Crippen molar-refractivity contribution in [2.24, 2.45) is 0 Å². The molecule has 3 aromatic rings. The zero-order chi connectivity index (χ0) is 16.0. The number of amides is 1. The molecule has 1 aliphatic heterocycles. The number of likely N-dealkylation sites (tertiary alicyclic amines) is 1. The van der Waals surface area contributed by atoms with Crippen LogP contribution >= 0.6 is 15.9 Å². The van der Waals surface area contributed by atoms with Gasteiger partial charge in [-0.3, -0.25) is 13.9 Å². The highest BCUT2D eigenvalue weighted by atomic mass is 79.9. The summed E-state index contributed by atoms with van der Waals surface area (Å²) in [5.41, 5.74) is 2.23. The molecule has 0 radical (unpaired) electrons. The van der Waals surface area contributed by atoms with Gasteiger partial charge in [0, 0.05) is 25.5 Å². The fourth-order valence-electron chi connectivity index (χ4n) is 3.18. The SMILES string of the molecule is Cc1nc2ccccn2c1C(=O)N1CCC(n2cc(Br)cn2)C1. The Balaban J connectivity index is 1.61. The monoisotopic (exact) mass is 373 g/mol. The van der Waals surface area contributed by atoms with E-state index in [-0.39, 0.29) is 11.9 Å². The number of carbonyl (C=O) groups is 1. The van der Waals surface area contributed by atoms with E-state index >= 15 is 0 Å². The van der Waals surface area contributed by atoms with E-state index in [1.807, 2.05) is 51.5 Å². The maximum atomic E-state index is 13.0. The average Bonchev–Trinajstić information content (AvgIpc) is 3.23. The largest absolute Gasteiger partial charge is 0.335 e. The van der Waals surface area contributed by atoms with Crippen LogP contribution in [0.4, 0.5) is 0 Å². The fraction of sp³-hybridized carbons (Fsp3) is 0.312. The molecule has 23 heavy (non-hydrogen) atoms. The predicted molar refractivity (Wildman–Crippen MR) is 89.4 cm³/mol. The van der Waals surface area contributed by atoms with Crippen LogP contribution in [-0.2, 0) is 0 Å². The summed E-state index contributed by atoms with van der Waals surface area (Å²) in [5, 5.41) is 4.34. The van der Waals surface area contributed by atoms with Crippen LogP contribution in [0, 0.1) is 6.92 Å². The zero-order valence-electron chi connectivity index (χ0n) is 12.7. The third-order valence-electron chi connectivity index (χ3n) is 4.30. The molecule has 0 saturated carbocycles. The highest BCUT2D eigenvalue weighted by Gasteiger charge is 2.30. The molecular formula is C16H16BrN5O. The molecule has 6 nitrogen and oxygen atoms in total. The van der Waals surface area contributed by atoms with Crippen LogP contribution in [0.25, 0.3) is 5.65 Å². The molecule has 1 unspecified atom stereocenters. The van der Waals surface area contributed by atoms with E-state index in [9.17, 15) is 4.79 Å². The van der Waals surface area contributed by atoms with Crippen LogP contribution in [-0.4, -0.2) is 43.1 Å². The third-order valence-corrected chi connectivity index (χ3v) is 4.71.